The van der Waals surface area contributed by atoms with E-state index >= 15 is 0 Å². The predicted molar refractivity (Wildman–Crippen MR) is 105 cm³/mol. The van der Waals surface area contributed by atoms with Crippen LogP contribution < -0.4 is 16.2 Å². The molecule has 1 unspecified atom stereocenters. The minimum atomic E-state index is -4.27. The van der Waals surface area contributed by atoms with Crippen molar-refractivity contribution in [2.24, 2.45) is 10.9 Å². The van der Waals surface area contributed by atoms with Crippen LogP contribution >= 0.6 is 0 Å². The molecule has 1 aliphatic rings. The molecule has 0 saturated carbocycles. The Hall–Kier alpha value is -2.42. The van der Waals surface area contributed by atoms with E-state index in [1.807, 2.05) is 0 Å². The standard InChI is InChI=1S/C16H18N8O3S2/c17-4-9-3-10(6-19-5-9)12-1-2-13(28(25)11-7-20-8-11)15(29(18,26)27)14(12)16-21-23-24-22-16/h1-3,5-6,11,20H,4,7-8,17H2,(H2,18,26,27)(H,21,22,23,24). The zero-order valence-corrected chi connectivity index (χ0v) is 16.7. The normalized spacial score (nSPS) is 15.8. The number of sulfonamides is 1. The van der Waals surface area contributed by atoms with Gasteiger partial charge in [0.15, 0.2) is 10.7 Å². The average Bonchev–Trinajstić information content (AvgIpc) is 3.19. The van der Waals surface area contributed by atoms with Crippen molar-refractivity contribution >= 4 is 21.2 Å². The summed E-state index contributed by atoms with van der Waals surface area (Å²) in [6.45, 7) is 1.32. The maximum atomic E-state index is 13.0. The molecular formula is C16H18N8O3S2. The molecule has 3 heterocycles. The van der Waals surface area contributed by atoms with Crippen LogP contribution in [0.25, 0.3) is 22.5 Å². The van der Waals surface area contributed by atoms with E-state index in [0.717, 1.165) is 5.56 Å². The van der Waals surface area contributed by atoms with Gasteiger partial charge in [0.25, 0.3) is 0 Å². The minimum absolute atomic E-state index is 0.0905. The topological polar surface area (TPSA) is 189 Å². The number of nitrogens with zero attached hydrogens (tertiary/aromatic N) is 4. The summed E-state index contributed by atoms with van der Waals surface area (Å²) < 4.78 is 38.3. The van der Waals surface area contributed by atoms with Gasteiger partial charge in [-0.3, -0.25) is 4.98 Å². The van der Waals surface area contributed by atoms with Gasteiger partial charge < -0.3 is 15.6 Å². The molecule has 1 atom stereocenters. The number of nitrogens with two attached hydrogens (primary N) is 2. The third kappa shape index (κ3) is 3.75. The number of pyridine rings is 1. The van der Waals surface area contributed by atoms with Gasteiger partial charge in [-0.1, -0.05) is 0 Å². The van der Waals surface area contributed by atoms with E-state index in [1.54, 1.807) is 24.5 Å². The molecule has 152 valence electrons. The van der Waals surface area contributed by atoms with Crippen LogP contribution in [0, 0.1) is 0 Å². The lowest BCUT2D eigenvalue weighted by molar-refractivity contribution is 0.493. The van der Waals surface area contributed by atoms with E-state index in [0.29, 0.717) is 24.2 Å². The Bertz CT molecular complexity index is 1130. The molecule has 6 N–H and O–H groups in total. The number of aromatic nitrogens is 5. The zero-order chi connectivity index (χ0) is 20.6. The average molecular weight is 435 g/mol. The molecule has 3 aromatic rings. The zero-order valence-electron chi connectivity index (χ0n) is 15.1. The molecule has 0 spiro atoms. The number of rotatable bonds is 6. The fraction of sp³-hybridized carbons (Fsp3) is 0.250. The number of benzene rings is 1. The minimum Gasteiger partial charge on any atom is -0.611 e. The summed E-state index contributed by atoms with van der Waals surface area (Å²) in [7, 11) is -4.27. The molecule has 0 radical (unpaired) electrons. The van der Waals surface area contributed by atoms with E-state index < -0.39 is 21.2 Å². The molecule has 2 aromatic heterocycles. The number of hydrogen-bond acceptors (Lipinski definition) is 9. The highest BCUT2D eigenvalue weighted by molar-refractivity contribution is 7.94. The van der Waals surface area contributed by atoms with Crippen LogP contribution in [0.3, 0.4) is 0 Å². The maximum absolute atomic E-state index is 13.0. The van der Waals surface area contributed by atoms with Gasteiger partial charge in [0.1, 0.15) is 10.1 Å². The summed E-state index contributed by atoms with van der Waals surface area (Å²) in [5, 5.41) is 21.9. The molecule has 29 heavy (non-hydrogen) atoms. The SMILES string of the molecule is NCc1cncc(-c2ccc([S+]([O-])C3CNC3)c(S(N)(=O)=O)c2-c2nnn[nH]2)c1. The number of tetrazole rings is 1. The van der Waals surface area contributed by atoms with Crippen LogP contribution in [0.1, 0.15) is 5.56 Å². The van der Waals surface area contributed by atoms with Crippen LogP contribution in [0.2, 0.25) is 0 Å². The second kappa shape index (κ2) is 7.78. The highest BCUT2D eigenvalue weighted by atomic mass is 32.2. The molecule has 1 saturated heterocycles. The molecule has 13 heteroatoms. The lowest BCUT2D eigenvalue weighted by Gasteiger charge is -2.30. The Labute approximate surface area is 169 Å². The van der Waals surface area contributed by atoms with E-state index in [-0.39, 0.29) is 33.0 Å². The lowest BCUT2D eigenvalue weighted by Crippen LogP contribution is -2.51. The van der Waals surface area contributed by atoms with E-state index in [9.17, 15) is 13.0 Å². The summed E-state index contributed by atoms with van der Waals surface area (Å²) in [6, 6.07) is 4.98. The largest absolute Gasteiger partial charge is 0.611 e. The number of aromatic amines is 1. The highest BCUT2D eigenvalue weighted by Gasteiger charge is 2.37. The molecular weight excluding hydrogens is 416 g/mol. The van der Waals surface area contributed by atoms with Gasteiger partial charge >= 0.3 is 0 Å². The van der Waals surface area contributed by atoms with Crippen molar-refractivity contribution in [2.75, 3.05) is 13.1 Å². The van der Waals surface area contributed by atoms with E-state index in [4.69, 9.17) is 10.9 Å². The van der Waals surface area contributed by atoms with Gasteiger partial charge in [-0.05, 0) is 50.9 Å². The van der Waals surface area contributed by atoms with E-state index in [2.05, 4.69) is 30.9 Å². The summed E-state index contributed by atoms with van der Waals surface area (Å²) in [6.07, 6.45) is 3.19. The van der Waals surface area contributed by atoms with Gasteiger partial charge in [-0.2, -0.15) is 0 Å². The molecule has 0 aliphatic carbocycles. The molecule has 1 aliphatic heterocycles. The summed E-state index contributed by atoms with van der Waals surface area (Å²) in [5.74, 6) is 0.0905. The van der Waals surface area contributed by atoms with Gasteiger partial charge in [0.2, 0.25) is 10.0 Å². The first-order chi connectivity index (χ1) is 13.9. The van der Waals surface area contributed by atoms with Crippen LogP contribution in [-0.2, 0) is 27.7 Å². The first kappa shape index (κ1) is 19.9. The maximum Gasteiger partial charge on any atom is 0.243 e. The van der Waals surface area contributed by atoms with Gasteiger partial charge in [-0.15, -0.1) is 5.10 Å². The fourth-order valence-electron chi connectivity index (χ4n) is 3.08. The Morgan fingerprint density at radius 2 is 2.07 bits per heavy atom. The summed E-state index contributed by atoms with van der Waals surface area (Å²) in [5.41, 5.74) is 7.69. The van der Waals surface area contributed by atoms with Gasteiger partial charge in [0.05, 0.1) is 5.56 Å². The van der Waals surface area contributed by atoms with Crippen LogP contribution in [0.5, 0.6) is 0 Å². The van der Waals surface area contributed by atoms with E-state index in [1.165, 1.54) is 6.07 Å². The van der Waals surface area contributed by atoms with Crippen molar-refractivity contribution in [1.82, 2.24) is 30.9 Å². The summed E-state index contributed by atoms with van der Waals surface area (Å²) >= 11 is -1.58. The van der Waals surface area contributed by atoms with Crippen LogP contribution in [-0.4, -0.2) is 56.9 Å². The second-order valence-electron chi connectivity index (χ2n) is 6.47. The first-order valence-electron chi connectivity index (χ1n) is 8.59. The van der Waals surface area contributed by atoms with Crippen molar-refractivity contribution in [3.05, 3.63) is 36.2 Å². The number of nitrogens with one attached hydrogen (secondary N) is 2. The Morgan fingerprint density at radius 1 is 1.28 bits per heavy atom. The number of hydrogen-bond donors (Lipinski definition) is 4. The Kier molecular flexibility index (Phi) is 5.33. The number of primary sulfonamides is 1. The second-order valence-corrected chi connectivity index (χ2v) is 9.67. The van der Waals surface area contributed by atoms with Crippen molar-refractivity contribution in [1.29, 1.82) is 0 Å². The number of H-pyrrole nitrogens is 1. The Balaban J connectivity index is 2.02. The monoisotopic (exact) mass is 434 g/mol. The van der Waals surface area contributed by atoms with Crippen LogP contribution in [0.15, 0.2) is 40.4 Å². The Morgan fingerprint density at radius 3 is 2.66 bits per heavy atom. The third-order valence-electron chi connectivity index (χ3n) is 4.59. The van der Waals surface area contributed by atoms with Crippen molar-refractivity contribution in [3.8, 4) is 22.5 Å². The van der Waals surface area contributed by atoms with Gasteiger partial charge in [0, 0.05) is 37.6 Å². The molecule has 4 rings (SSSR count). The fourth-order valence-corrected chi connectivity index (χ4v) is 5.90. The molecule has 0 amide bonds. The first-order valence-corrected chi connectivity index (χ1v) is 11.4. The smallest absolute Gasteiger partial charge is 0.243 e. The third-order valence-corrected chi connectivity index (χ3v) is 7.43. The van der Waals surface area contributed by atoms with Crippen LogP contribution in [0.4, 0.5) is 0 Å². The summed E-state index contributed by atoms with van der Waals surface area (Å²) in [4.78, 5) is 4.02. The van der Waals surface area contributed by atoms with Crippen molar-refractivity contribution in [2.45, 2.75) is 21.6 Å². The molecule has 11 nitrogen and oxygen atoms in total. The van der Waals surface area contributed by atoms with Gasteiger partial charge in [-0.25, -0.2) is 18.7 Å². The van der Waals surface area contributed by atoms with Crippen molar-refractivity contribution in [3.63, 3.8) is 0 Å². The molecule has 1 aromatic carbocycles. The lowest BCUT2D eigenvalue weighted by atomic mass is 9.99. The molecule has 1 fully saturated rings. The van der Waals surface area contributed by atoms with Crippen molar-refractivity contribution < 1.29 is 13.0 Å². The predicted octanol–water partition coefficient (Wildman–Crippen LogP) is -0.886. The quantitative estimate of drug-likeness (QED) is 0.357. The highest BCUT2D eigenvalue weighted by Crippen LogP contribution is 2.39. The molecule has 0 bridgehead atoms.